The van der Waals surface area contributed by atoms with E-state index in [0.29, 0.717) is 93.7 Å². The zero-order chi connectivity index (χ0) is 50.8. The van der Waals surface area contributed by atoms with Crippen LogP contribution in [-0.2, 0) is 62.8 Å². The number of imidazole rings is 2. The minimum absolute atomic E-state index is 0. The Morgan fingerprint density at radius 3 is 1.24 bits per heavy atom. The number of benzene rings is 4. The predicted octanol–water partition coefficient (Wildman–Crippen LogP) is 6.58. The Bertz CT molecular complexity index is 2480. The molecule has 8 rings (SSSR count). The maximum atomic E-state index is 9.10. The molecule has 2 aliphatic rings. The lowest BCUT2D eigenvalue weighted by atomic mass is 10.1. The number of rotatable bonds is 14. The Balaban J connectivity index is 0.000000248. The summed E-state index contributed by atoms with van der Waals surface area (Å²) >= 11 is 25.1. The number of carboxylic acid groups (broad SMARTS) is 4. The average Bonchev–Trinajstić information content (AvgIpc) is 4.19. The number of aliphatic carboxylic acids is 4. The second-order valence-corrected chi connectivity index (χ2v) is 16.2. The molecule has 0 aliphatic carbocycles. The van der Waals surface area contributed by atoms with Gasteiger partial charge in [-0.05, 0) is 48.5 Å². The van der Waals surface area contributed by atoms with Crippen LogP contribution in [0.2, 0.25) is 20.1 Å². The third-order valence-electron chi connectivity index (χ3n) is 9.66. The van der Waals surface area contributed by atoms with Crippen LogP contribution in [-0.4, -0.2) is 122 Å². The molecule has 4 aromatic carbocycles. The number of para-hydroxylation sites is 4. The maximum Gasteiger partial charge on any atom is 0.414 e. The summed E-state index contributed by atoms with van der Waals surface area (Å²) in [6, 6.07) is 25.5. The van der Waals surface area contributed by atoms with E-state index in [1.807, 2.05) is 82.2 Å². The Hall–Kier alpha value is -6.66. The molecule has 6 aromatic rings. The summed E-state index contributed by atoms with van der Waals surface area (Å²) in [5, 5.41) is 31.6. The highest BCUT2D eigenvalue weighted by Crippen LogP contribution is 2.42. The standard InChI is InChI=1S/2C21H20Cl2N2O4.2C2H2O4.H2O/c2*1-26-19-4-2-3-5-20(19)27-11-16-12-28-21(29-16,13-25-9-8-24-14-25)17-7-6-15(22)10-18(17)23;2*3-1(4)2(5)6;/h2*2-10,14,16H,11-13H2,1H3;2*(H,3,4)(H,5,6);1H2. The lowest BCUT2D eigenvalue weighted by Gasteiger charge is -2.30. The maximum absolute atomic E-state index is 9.10. The topological polar surface area (TPSA) is 290 Å². The molecule has 0 bridgehead atoms. The molecule has 380 valence electrons. The van der Waals surface area contributed by atoms with Crippen molar-refractivity contribution < 1.29 is 83.0 Å². The molecule has 6 N–H and O–H groups in total. The highest BCUT2D eigenvalue weighted by molar-refractivity contribution is 6.35. The van der Waals surface area contributed by atoms with Gasteiger partial charge in [-0.15, -0.1) is 0 Å². The number of ether oxygens (including phenoxy) is 8. The molecule has 0 spiro atoms. The smallest absolute Gasteiger partial charge is 0.414 e. The van der Waals surface area contributed by atoms with Gasteiger partial charge < -0.3 is 72.9 Å². The molecule has 25 heteroatoms. The number of carboxylic acids is 4. The van der Waals surface area contributed by atoms with Gasteiger partial charge in [-0.25, -0.2) is 29.1 Å². The van der Waals surface area contributed by atoms with Crippen LogP contribution in [0.1, 0.15) is 11.1 Å². The molecule has 0 saturated carbocycles. The summed E-state index contributed by atoms with van der Waals surface area (Å²) in [4.78, 5) is 44.6. The molecule has 2 fully saturated rings. The lowest BCUT2D eigenvalue weighted by Crippen LogP contribution is -2.34. The van der Waals surface area contributed by atoms with E-state index in [9.17, 15) is 0 Å². The number of nitrogens with zero attached hydrogens (tertiary/aromatic N) is 4. The van der Waals surface area contributed by atoms with Gasteiger partial charge in [0.15, 0.2) is 23.0 Å². The van der Waals surface area contributed by atoms with Crippen molar-refractivity contribution in [3.63, 3.8) is 0 Å². The van der Waals surface area contributed by atoms with E-state index in [1.165, 1.54) is 0 Å². The summed E-state index contributed by atoms with van der Waals surface area (Å²) in [6.45, 7) is 2.08. The van der Waals surface area contributed by atoms with Crippen LogP contribution in [0.3, 0.4) is 0 Å². The molecule has 2 aliphatic heterocycles. The van der Waals surface area contributed by atoms with Crippen LogP contribution >= 0.6 is 46.4 Å². The minimum Gasteiger partial charge on any atom is -0.493 e. The molecule has 2 aromatic heterocycles. The highest BCUT2D eigenvalue weighted by Gasteiger charge is 2.46. The third kappa shape index (κ3) is 16.2. The first-order chi connectivity index (χ1) is 33.5. The van der Waals surface area contributed by atoms with Crippen molar-refractivity contribution in [3.05, 3.63) is 154 Å². The van der Waals surface area contributed by atoms with Gasteiger partial charge >= 0.3 is 23.9 Å². The van der Waals surface area contributed by atoms with Crippen molar-refractivity contribution in [1.29, 1.82) is 0 Å². The van der Waals surface area contributed by atoms with E-state index < -0.39 is 35.5 Å². The largest absolute Gasteiger partial charge is 0.493 e. The molecule has 21 nitrogen and oxygen atoms in total. The molecule has 0 radical (unpaired) electrons. The Labute approximate surface area is 424 Å². The Morgan fingerprint density at radius 2 is 0.944 bits per heavy atom. The van der Waals surface area contributed by atoms with Crippen molar-refractivity contribution in [2.45, 2.75) is 36.9 Å². The molecular weight excluding hydrogens is 1020 g/mol. The number of halogens is 4. The van der Waals surface area contributed by atoms with E-state index >= 15 is 0 Å². The predicted molar refractivity (Wildman–Crippen MR) is 254 cm³/mol. The molecule has 4 atom stereocenters. The molecule has 4 unspecified atom stereocenters. The Kier molecular flexibility index (Phi) is 21.7. The van der Waals surface area contributed by atoms with Crippen molar-refractivity contribution >= 4 is 70.3 Å². The van der Waals surface area contributed by atoms with Crippen LogP contribution in [0.5, 0.6) is 23.0 Å². The third-order valence-corrected chi connectivity index (χ3v) is 10.8. The summed E-state index contributed by atoms with van der Waals surface area (Å²) < 4.78 is 51.3. The van der Waals surface area contributed by atoms with Crippen LogP contribution in [0.15, 0.2) is 122 Å². The number of hydrogen-bond donors (Lipinski definition) is 4. The minimum atomic E-state index is -1.82. The van der Waals surface area contributed by atoms with Gasteiger partial charge in [0.1, 0.15) is 25.4 Å². The van der Waals surface area contributed by atoms with Crippen LogP contribution in [0, 0.1) is 0 Å². The summed E-state index contributed by atoms with van der Waals surface area (Å²) in [7, 11) is 3.21. The van der Waals surface area contributed by atoms with Crippen LogP contribution < -0.4 is 18.9 Å². The van der Waals surface area contributed by atoms with Crippen LogP contribution in [0.25, 0.3) is 0 Å². The molecule has 4 heterocycles. The fourth-order valence-corrected chi connectivity index (χ4v) is 7.70. The molecular formula is C46H46Cl4N4O17. The van der Waals surface area contributed by atoms with Crippen molar-refractivity contribution in [3.8, 4) is 23.0 Å². The first-order valence-electron chi connectivity index (χ1n) is 20.4. The zero-order valence-corrected chi connectivity index (χ0v) is 40.5. The monoisotopic (exact) mass is 1070 g/mol. The van der Waals surface area contributed by atoms with Crippen molar-refractivity contribution in [2.75, 3.05) is 40.6 Å². The normalized spacial score (nSPS) is 18.6. The van der Waals surface area contributed by atoms with Gasteiger partial charge in [-0.3, -0.25) is 0 Å². The number of hydrogen-bond acceptors (Lipinski definition) is 14. The first kappa shape index (κ1) is 56.9. The van der Waals surface area contributed by atoms with E-state index in [-0.39, 0.29) is 17.7 Å². The van der Waals surface area contributed by atoms with E-state index in [0.717, 1.165) is 0 Å². The van der Waals surface area contributed by atoms with Crippen molar-refractivity contribution in [1.82, 2.24) is 19.1 Å². The highest BCUT2D eigenvalue weighted by atomic mass is 35.5. The zero-order valence-electron chi connectivity index (χ0n) is 37.4. The Morgan fingerprint density at radius 1 is 0.592 bits per heavy atom. The molecule has 2 saturated heterocycles. The fraction of sp³-hybridized carbons (Fsp3) is 0.261. The van der Waals surface area contributed by atoms with Gasteiger partial charge in [0.2, 0.25) is 11.6 Å². The van der Waals surface area contributed by atoms with Gasteiger partial charge in [0.25, 0.3) is 0 Å². The molecule has 71 heavy (non-hydrogen) atoms. The summed E-state index contributed by atoms with van der Waals surface area (Å²) in [6.07, 6.45) is 9.91. The lowest BCUT2D eigenvalue weighted by molar-refractivity contribution is -0.189. The van der Waals surface area contributed by atoms with E-state index in [1.54, 1.807) is 63.5 Å². The summed E-state index contributed by atoms with van der Waals surface area (Å²) in [5.41, 5.74) is 1.41. The number of carbonyl (C=O) groups is 4. The van der Waals surface area contributed by atoms with E-state index in [4.69, 9.17) is 124 Å². The number of aromatic nitrogens is 4. The van der Waals surface area contributed by atoms with E-state index in [2.05, 4.69) is 9.97 Å². The average molecular weight is 1070 g/mol. The van der Waals surface area contributed by atoms with Gasteiger partial charge in [0, 0.05) is 46.0 Å². The summed E-state index contributed by atoms with van der Waals surface area (Å²) in [5.74, 6) is -6.82. The van der Waals surface area contributed by atoms with Gasteiger partial charge in [-0.1, -0.05) is 82.8 Å². The quantitative estimate of drug-likeness (QED) is 0.0838. The van der Waals surface area contributed by atoms with Gasteiger partial charge in [-0.2, -0.15) is 0 Å². The SMILES string of the molecule is COc1ccccc1OCC1COC(Cn2ccnc2)(c2ccc(Cl)cc2Cl)O1.COc1ccccc1OCC1COC(Cn2ccnc2)(c2ccc(Cl)cc2Cl)O1.O.O=C(O)C(=O)O.O=C(O)C(=O)O. The first-order valence-corrected chi connectivity index (χ1v) is 21.9. The van der Waals surface area contributed by atoms with Crippen molar-refractivity contribution in [2.24, 2.45) is 0 Å². The second-order valence-electron chi connectivity index (χ2n) is 14.5. The second kappa shape index (κ2) is 27.1. The van der Waals surface area contributed by atoms with Gasteiger partial charge in [0.05, 0.1) is 63.2 Å². The van der Waals surface area contributed by atoms with Crippen LogP contribution in [0.4, 0.5) is 0 Å². The number of methoxy groups -OCH3 is 2. The fourth-order valence-electron chi connectivity index (χ4n) is 6.59. The molecule has 0 amide bonds.